The molecule has 0 aliphatic heterocycles. The third-order valence-electron chi connectivity index (χ3n) is 2.92. The Morgan fingerprint density at radius 1 is 1.04 bits per heavy atom. The minimum absolute atomic E-state index is 0.158. The lowest BCUT2D eigenvalue weighted by Gasteiger charge is -2.15. The van der Waals surface area contributed by atoms with Gasteiger partial charge in [0.1, 0.15) is 6.04 Å². The maximum absolute atomic E-state index is 11.8. The largest absolute Gasteiger partial charge is 0.355 e. The number of nitrogens with two attached hydrogens (primary N) is 1. The standard InChI is InChI=1S/C13H26N6O4/c1-15-7-4-10(19-9-20)12(22)18-8-11(21)16-5-2-3-6-17-13(14)23/h9-10,15H,2-8H2,1H3,(H,16,21)(H,18,22)(H,19,20)(H3,14,17,23). The maximum atomic E-state index is 11.8. The highest BCUT2D eigenvalue weighted by Crippen LogP contribution is 1.90. The average Bonchev–Trinajstić information content (AvgIpc) is 2.52. The molecule has 10 nitrogen and oxygen atoms in total. The summed E-state index contributed by atoms with van der Waals surface area (Å²) in [5.41, 5.74) is 4.91. The van der Waals surface area contributed by atoms with Crippen LogP contribution in [0, 0.1) is 0 Å². The van der Waals surface area contributed by atoms with Crippen LogP contribution >= 0.6 is 0 Å². The molecule has 0 heterocycles. The van der Waals surface area contributed by atoms with Gasteiger partial charge >= 0.3 is 6.03 Å². The van der Waals surface area contributed by atoms with Crippen molar-refractivity contribution in [2.24, 2.45) is 5.73 Å². The van der Waals surface area contributed by atoms with Crippen LogP contribution in [-0.2, 0) is 14.4 Å². The molecule has 0 aromatic carbocycles. The van der Waals surface area contributed by atoms with Gasteiger partial charge in [0.15, 0.2) is 0 Å². The second-order valence-electron chi connectivity index (χ2n) is 4.80. The van der Waals surface area contributed by atoms with Crippen LogP contribution < -0.4 is 32.3 Å². The molecule has 0 aliphatic carbocycles. The Morgan fingerprint density at radius 2 is 1.70 bits per heavy atom. The molecule has 23 heavy (non-hydrogen) atoms. The zero-order valence-electron chi connectivity index (χ0n) is 13.3. The van der Waals surface area contributed by atoms with Gasteiger partial charge in [-0.05, 0) is 32.9 Å². The van der Waals surface area contributed by atoms with Crippen LogP contribution in [-0.4, -0.2) is 63.5 Å². The number of carbonyl (C=O) groups is 4. The SMILES string of the molecule is CNCCC(NC=O)C(=O)NCC(=O)NCCCCNC(N)=O. The molecular weight excluding hydrogens is 304 g/mol. The predicted molar refractivity (Wildman–Crippen MR) is 84.4 cm³/mol. The van der Waals surface area contributed by atoms with E-state index in [1.165, 1.54) is 0 Å². The highest BCUT2D eigenvalue weighted by atomic mass is 16.2. The van der Waals surface area contributed by atoms with Crippen LogP contribution in [0.25, 0.3) is 0 Å². The molecular formula is C13H26N6O4. The summed E-state index contributed by atoms with van der Waals surface area (Å²) in [7, 11) is 1.74. The topological polar surface area (TPSA) is 154 Å². The fraction of sp³-hybridized carbons (Fsp3) is 0.692. The van der Waals surface area contributed by atoms with Crippen molar-refractivity contribution in [1.82, 2.24) is 26.6 Å². The lowest BCUT2D eigenvalue weighted by Crippen LogP contribution is -2.47. The molecule has 0 rings (SSSR count). The number of unbranched alkanes of at least 4 members (excludes halogenated alkanes) is 1. The van der Waals surface area contributed by atoms with E-state index < -0.39 is 18.0 Å². The van der Waals surface area contributed by atoms with Crippen molar-refractivity contribution in [3.63, 3.8) is 0 Å². The molecule has 132 valence electrons. The van der Waals surface area contributed by atoms with E-state index in [1.807, 2.05) is 0 Å². The Balaban J connectivity index is 3.82. The minimum Gasteiger partial charge on any atom is -0.355 e. The number of amides is 5. The second kappa shape index (κ2) is 13.3. The average molecular weight is 330 g/mol. The maximum Gasteiger partial charge on any atom is 0.312 e. The van der Waals surface area contributed by atoms with Crippen molar-refractivity contribution < 1.29 is 19.2 Å². The van der Waals surface area contributed by atoms with Crippen LogP contribution in [0.4, 0.5) is 4.79 Å². The number of primary amides is 1. The molecule has 0 aromatic heterocycles. The van der Waals surface area contributed by atoms with Crippen molar-refractivity contribution in [3.8, 4) is 0 Å². The molecule has 0 saturated heterocycles. The Bertz CT molecular complexity index is 391. The summed E-state index contributed by atoms with van der Waals surface area (Å²) in [5.74, 6) is -0.729. The number of rotatable bonds is 13. The fourth-order valence-electron chi connectivity index (χ4n) is 1.70. The van der Waals surface area contributed by atoms with Crippen molar-refractivity contribution >= 4 is 24.3 Å². The first kappa shape index (κ1) is 20.6. The van der Waals surface area contributed by atoms with Gasteiger partial charge in [0.05, 0.1) is 6.54 Å². The number of urea groups is 1. The molecule has 0 spiro atoms. The van der Waals surface area contributed by atoms with E-state index in [4.69, 9.17) is 5.73 Å². The van der Waals surface area contributed by atoms with E-state index >= 15 is 0 Å². The molecule has 0 saturated carbocycles. The van der Waals surface area contributed by atoms with E-state index in [1.54, 1.807) is 7.05 Å². The zero-order chi connectivity index (χ0) is 17.5. The Labute approximate surface area is 135 Å². The third-order valence-corrected chi connectivity index (χ3v) is 2.92. The van der Waals surface area contributed by atoms with Gasteiger partial charge in [-0.1, -0.05) is 0 Å². The number of nitrogens with one attached hydrogen (secondary N) is 5. The van der Waals surface area contributed by atoms with Crippen LogP contribution in [0.5, 0.6) is 0 Å². The Morgan fingerprint density at radius 3 is 2.26 bits per heavy atom. The summed E-state index contributed by atoms with van der Waals surface area (Å²) < 4.78 is 0. The molecule has 1 unspecified atom stereocenters. The fourth-order valence-corrected chi connectivity index (χ4v) is 1.70. The van der Waals surface area contributed by atoms with Gasteiger partial charge in [-0.25, -0.2) is 4.79 Å². The number of hydrogen-bond acceptors (Lipinski definition) is 5. The summed E-state index contributed by atoms with van der Waals surface area (Å²) >= 11 is 0. The molecule has 0 aliphatic rings. The molecule has 5 amide bonds. The van der Waals surface area contributed by atoms with E-state index in [0.717, 1.165) is 0 Å². The molecule has 10 heteroatoms. The van der Waals surface area contributed by atoms with Gasteiger partial charge in [0.2, 0.25) is 18.2 Å². The lowest BCUT2D eigenvalue weighted by molar-refractivity contribution is -0.128. The van der Waals surface area contributed by atoms with Crippen LogP contribution in [0.1, 0.15) is 19.3 Å². The van der Waals surface area contributed by atoms with Crippen molar-refractivity contribution in [3.05, 3.63) is 0 Å². The zero-order valence-corrected chi connectivity index (χ0v) is 13.3. The second-order valence-corrected chi connectivity index (χ2v) is 4.80. The predicted octanol–water partition coefficient (Wildman–Crippen LogP) is -2.61. The van der Waals surface area contributed by atoms with Crippen molar-refractivity contribution in [1.29, 1.82) is 0 Å². The molecule has 0 radical (unpaired) electrons. The number of hydrogen-bond donors (Lipinski definition) is 6. The Hall–Kier alpha value is -2.36. The van der Waals surface area contributed by atoms with E-state index in [0.29, 0.717) is 45.3 Å². The van der Waals surface area contributed by atoms with E-state index in [9.17, 15) is 19.2 Å². The van der Waals surface area contributed by atoms with Gasteiger partial charge in [0, 0.05) is 13.1 Å². The lowest BCUT2D eigenvalue weighted by atomic mass is 10.2. The van der Waals surface area contributed by atoms with E-state index in [2.05, 4.69) is 26.6 Å². The van der Waals surface area contributed by atoms with Crippen molar-refractivity contribution in [2.45, 2.75) is 25.3 Å². The van der Waals surface area contributed by atoms with Gasteiger partial charge in [-0.3, -0.25) is 14.4 Å². The molecule has 0 aromatic rings. The minimum atomic E-state index is -0.673. The van der Waals surface area contributed by atoms with E-state index in [-0.39, 0.29) is 12.5 Å². The van der Waals surface area contributed by atoms with Crippen molar-refractivity contribution in [2.75, 3.05) is 33.2 Å². The Kier molecular flexibility index (Phi) is 11.9. The highest BCUT2D eigenvalue weighted by molar-refractivity contribution is 5.88. The highest BCUT2D eigenvalue weighted by Gasteiger charge is 2.17. The summed E-state index contributed by atoms with van der Waals surface area (Å²) in [6.07, 6.45) is 2.25. The van der Waals surface area contributed by atoms with Crippen LogP contribution in [0.15, 0.2) is 0 Å². The third kappa shape index (κ3) is 11.9. The smallest absolute Gasteiger partial charge is 0.312 e. The molecule has 0 bridgehead atoms. The first-order valence-electron chi connectivity index (χ1n) is 7.43. The van der Waals surface area contributed by atoms with Gasteiger partial charge in [0.25, 0.3) is 0 Å². The first-order chi connectivity index (χ1) is 11.0. The summed E-state index contributed by atoms with van der Waals surface area (Å²) in [6.45, 7) is 1.29. The van der Waals surface area contributed by atoms with Gasteiger partial charge in [-0.15, -0.1) is 0 Å². The normalized spacial score (nSPS) is 11.2. The van der Waals surface area contributed by atoms with Gasteiger partial charge < -0.3 is 32.3 Å². The summed E-state index contributed by atoms with van der Waals surface area (Å²) in [6, 6.07) is -1.25. The molecule has 0 fully saturated rings. The molecule has 1 atom stereocenters. The van der Waals surface area contributed by atoms with Gasteiger partial charge in [-0.2, -0.15) is 0 Å². The quantitative estimate of drug-likeness (QED) is 0.161. The molecule has 7 N–H and O–H groups in total. The van der Waals surface area contributed by atoms with Crippen LogP contribution in [0.2, 0.25) is 0 Å². The monoisotopic (exact) mass is 330 g/mol. The first-order valence-corrected chi connectivity index (χ1v) is 7.43. The summed E-state index contributed by atoms with van der Waals surface area (Å²) in [5, 5.41) is 12.8. The number of carbonyl (C=O) groups excluding carboxylic acids is 4. The van der Waals surface area contributed by atoms with Crippen LogP contribution in [0.3, 0.4) is 0 Å². The summed E-state index contributed by atoms with van der Waals surface area (Å²) in [4.78, 5) is 44.3.